The monoisotopic (exact) mass is 722 g/mol. The molecule has 0 bridgehead atoms. The number of hydrogen-bond acceptors (Lipinski definition) is 12. The molecule has 0 amide bonds. The fourth-order valence-electron chi connectivity index (χ4n) is 4.58. The van der Waals surface area contributed by atoms with E-state index >= 15 is 0 Å². The molecule has 0 spiro atoms. The molecule has 16 heteroatoms. The van der Waals surface area contributed by atoms with Gasteiger partial charge in [0.15, 0.2) is 11.5 Å². The Labute approximate surface area is 296 Å². The summed E-state index contributed by atoms with van der Waals surface area (Å²) >= 11 is 6.55. The van der Waals surface area contributed by atoms with Gasteiger partial charge in [-0.15, -0.1) is 0 Å². The Morgan fingerprint density at radius 3 is 2.33 bits per heavy atom. The quantitative estimate of drug-likeness (QED) is 0.110. The first-order valence-corrected chi connectivity index (χ1v) is 15.8. The molecule has 1 aliphatic heterocycles. The number of aliphatic hydroxyl groups is 2. The number of aromatic nitrogens is 1. The maximum atomic E-state index is 13.4. The number of carboxylic acid groups (broad SMARTS) is 2. The van der Waals surface area contributed by atoms with E-state index in [1.54, 1.807) is 72.9 Å². The zero-order chi connectivity index (χ0) is 36.9. The van der Waals surface area contributed by atoms with Crippen molar-refractivity contribution in [2.75, 3.05) is 26.4 Å². The van der Waals surface area contributed by atoms with Crippen LogP contribution in [-0.2, 0) is 29.3 Å². The largest absolute Gasteiger partial charge is 0.488 e. The number of nitrogens with zero attached hydrogens (tertiary/aromatic N) is 2. The van der Waals surface area contributed by atoms with Crippen molar-refractivity contribution < 1.29 is 49.0 Å². The average molecular weight is 723 g/mol. The molecule has 1 aliphatic rings. The highest BCUT2D eigenvalue weighted by molar-refractivity contribution is 6.32. The SMILES string of the molecule is N#Cc1cccc(COc2cc(OCc3cccn(-c4ccc5c(c4)OCCO5)c3=O)c(Cl)cc2CN[C@H](CO)C(=O)O)c1.N[C@H](CO)C(=O)O. The first kappa shape index (κ1) is 38.2. The summed E-state index contributed by atoms with van der Waals surface area (Å²) in [6.07, 6.45) is 1.65. The van der Waals surface area contributed by atoms with Crippen molar-refractivity contribution in [3.8, 4) is 34.8 Å². The lowest BCUT2D eigenvalue weighted by Gasteiger charge is -2.19. The van der Waals surface area contributed by atoms with Crippen molar-refractivity contribution in [1.29, 1.82) is 5.26 Å². The Bertz CT molecular complexity index is 1950. The second-order valence-electron chi connectivity index (χ2n) is 10.9. The molecule has 2 atom stereocenters. The Morgan fingerprint density at radius 2 is 1.67 bits per heavy atom. The van der Waals surface area contributed by atoms with Crippen LogP contribution in [0.2, 0.25) is 5.02 Å². The van der Waals surface area contributed by atoms with Crippen LogP contribution >= 0.6 is 11.6 Å². The summed E-state index contributed by atoms with van der Waals surface area (Å²) in [7, 11) is 0. The van der Waals surface area contributed by atoms with Crippen molar-refractivity contribution in [2.45, 2.75) is 31.8 Å². The zero-order valence-corrected chi connectivity index (χ0v) is 27.8. The standard InChI is InChI=1S/C32H28ClN3O8.C3H7NO3/c33-25-12-23(16-35-26(17-37)32(39)40)28(43-18-21-4-1-3-20(11-21)15-34)14-29(25)44-19-22-5-2-8-36(31(22)38)24-6-7-27-30(13-24)42-10-9-41-27;4-2(1-5)3(6)7/h1-8,11-14,26,35,37H,9-10,16-19H2,(H,39,40);2,5H,1,4H2,(H,6,7)/t26-;2-/m11/s1. The van der Waals surface area contributed by atoms with E-state index in [9.17, 15) is 29.9 Å². The number of aliphatic hydroxyl groups excluding tert-OH is 2. The summed E-state index contributed by atoms with van der Waals surface area (Å²) in [6, 6.07) is 18.5. The Balaban J connectivity index is 0.000000755. The number of ether oxygens (including phenoxy) is 4. The van der Waals surface area contributed by atoms with E-state index in [0.717, 1.165) is 5.56 Å². The van der Waals surface area contributed by atoms with E-state index < -0.39 is 37.2 Å². The highest BCUT2D eigenvalue weighted by Gasteiger charge is 2.19. The number of benzene rings is 3. The van der Waals surface area contributed by atoms with Crippen LogP contribution in [0.15, 0.2) is 77.7 Å². The highest BCUT2D eigenvalue weighted by Crippen LogP contribution is 2.34. The molecule has 0 fully saturated rings. The van der Waals surface area contributed by atoms with Gasteiger partial charge in [0.05, 0.1) is 41.1 Å². The number of carboxylic acids is 2. The minimum absolute atomic E-state index is 0.0179. The van der Waals surface area contributed by atoms with Crippen LogP contribution in [0.4, 0.5) is 0 Å². The molecule has 3 aromatic carbocycles. The van der Waals surface area contributed by atoms with Crippen molar-refractivity contribution in [2.24, 2.45) is 5.73 Å². The third-order valence-corrected chi connectivity index (χ3v) is 7.61. The number of nitrogens with two attached hydrogens (primary N) is 1. The normalized spacial score (nSPS) is 12.8. The van der Waals surface area contributed by atoms with Crippen LogP contribution in [0.25, 0.3) is 5.69 Å². The molecule has 0 saturated carbocycles. The minimum atomic E-state index is -1.21. The summed E-state index contributed by atoms with van der Waals surface area (Å²) in [5, 5.41) is 46.8. The van der Waals surface area contributed by atoms with Gasteiger partial charge in [-0.3, -0.25) is 24.3 Å². The third kappa shape index (κ3) is 10.4. The Morgan fingerprint density at radius 1 is 0.922 bits per heavy atom. The maximum absolute atomic E-state index is 13.4. The first-order chi connectivity index (χ1) is 24.5. The number of hydrogen-bond donors (Lipinski definition) is 6. The van der Waals surface area contributed by atoms with Gasteiger partial charge in [0, 0.05) is 30.4 Å². The molecule has 7 N–H and O–H groups in total. The number of pyridine rings is 1. The molecular formula is C35H35ClN4O11. The number of nitrogens with one attached hydrogen (secondary N) is 1. The second-order valence-corrected chi connectivity index (χ2v) is 11.3. The Kier molecular flexibility index (Phi) is 13.8. The number of halogens is 1. The first-order valence-electron chi connectivity index (χ1n) is 15.4. The van der Waals surface area contributed by atoms with Crippen LogP contribution < -0.4 is 35.6 Å². The molecule has 4 aromatic rings. The lowest BCUT2D eigenvalue weighted by Crippen LogP contribution is -2.39. The van der Waals surface area contributed by atoms with Crippen LogP contribution in [0, 0.1) is 11.3 Å². The average Bonchev–Trinajstić information content (AvgIpc) is 3.14. The van der Waals surface area contributed by atoms with E-state index in [1.807, 2.05) is 0 Å². The second kappa shape index (κ2) is 18.4. The van der Waals surface area contributed by atoms with Gasteiger partial charge in [-0.25, -0.2) is 0 Å². The molecular weight excluding hydrogens is 688 g/mol. The molecule has 2 heterocycles. The van der Waals surface area contributed by atoms with Gasteiger partial charge < -0.3 is 45.1 Å². The van der Waals surface area contributed by atoms with Crippen LogP contribution in [0.3, 0.4) is 0 Å². The van der Waals surface area contributed by atoms with Crippen molar-refractivity contribution in [3.63, 3.8) is 0 Å². The van der Waals surface area contributed by atoms with Gasteiger partial charge in [-0.05, 0) is 48.0 Å². The topological polar surface area (TPSA) is 236 Å². The maximum Gasteiger partial charge on any atom is 0.323 e. The zero-order valence-electron chi connectivity index (χ0n) is 27.0. The minimum Gasteiger partial charge on any atom is -0.488 e. The fraction of sp³-hybridized carbons (Fsp3) is 0.257. The van der Waals surface area contributed by atoms with Crippen molar-refractivity contribution >= 4 is 23.5 Å². The molecule has 1 aromatic heterocycles. The van der Waals surface area contributed by atoms with Crippen LogP contribution in [-0.4, -0.2) is 75.4 Å². The van der Waals surface area contributed by atoms with Crippen molar-refractivity contribution in [1.82, 2.24) is 9.88 Å². The fourth-order valence-corrected chi connectivity index (χ4v) is 4.82. The van der Waals surface area contributed by atoms with E-state index in [0.29, 0.717) is 52.8 Å². The van der Waals surface area contributed by atoms with Gasteiger partial charge in [0.2, 0.25) is 0 Å². The Hall–Kier alpha value is -5.63. The summed E-state index contributed by atoms with van der Waals surface area (Å²) in [6.45, 7) is -0.205. The van der Waals surface area contributed by atoms with E-state index in [2.05, 4.69) is 11.4 Å². The van der Waals surface area contributed by atoms with E-state index in [4.69, 9.17) is 46.5 Å². The lowest BCUT2D eigenvalue weighted by atomic mass is 10.1. The predicted octanol–water partition coefficient (Wildman–Crippen LogP) is 2.22. The molecule has 268 valence electrons. The van der Waals surface area contributed by atoms with E-state index in [1.165, 1.54) is 4.57 Å². The molecule has 0 aliphatic carbocycles. The predicted molar refractivity (Wildman–Crippen MR) is 182 cm³/mol. The van der Waals surface area contributed by atoms with E-state index in [-0.39, 0.29) is 36.1 Å². The summed E-state index contributed by atoms with van der Waals surface area (Å²) < 4.78 is 24.8. The molecule has 5 rings (SSSR count). The summed E-state index contributed by atoms with van der Waals surface area (Å²) in [5.41, 5.74) is 7.18. The number of carbonyl (C=O) groups is 2. The molecule has 0 unspecified atom stereocenters. The number of aliphatic carboxylic acids is 2. The number of fused-ring (bicyclic) bond motifs is 1. The van der Waals surface area contributed by atoms with Gasteiger partial charge >= 0.3 is 11.9 Å². The smallest absolute Gasteiger partial charge is 0.323 e. The summed E-state index contributed by atoms with van der Waals surface area (Å²) in [4.78, 5) is 34.4. The van der Waals surface area contributed by atoms with Gasteiger partial charge in [0.1, 0.15) is 50.0 Å². The molecule has 15 nitrogen and oxygen atoms in total. The lowest BCUT2D eigenvalue weighted by molar-refractivity contribution is -0.141. The van der Waals surface area contributed by atoms with Crippen LogP contribution in [0.5, 0.6) is 23.0 Å². The summed E-state index contributed by atoms with van der Waals surface area (Å²) in [5.74, 6) is -0.636. The molecule has 0 radical (unpaired) electrons. The highest BCUT2D eigenvalue weighted by atomic mass is 35.5. The number of rotatable bonds is 14. The van der Waals surface area contributed by atoms with Gasteiger partial charge in [-0.2, -0.15) is 5.26 Å². The number of nitriles is 1. The van der Waals surface area contributed by atoms with Gasteiger partial charge in [0.25, 0.3) is 5.56 Å². The van der Waals surface area contributed by atoms with Crippen LogP contribution in [0.1, 0.15) is 22.3 Å². The molecule has 0 saturated heterocycles. The molecule has 51 heavy (non-hydrogen) atoms. The third-order valence-electron chi connectivity index (χ3n) is 7.31. The van der Waals surface area contributed by atoms with Gasteiger partial charge in [-0.1, -0.05) is 23.7 Å². The van der Waals surface area contributed by atoms with Crippen molar-refractivity contribution in [3.05, 3.63) is 111 Å².